The summed E-state index contributed by atoms with van der Waals surface area (Å²) in [5.41, 5.74) is 0.776. The Kier molecular flexibility index (Phi) is 3.89. The molecule has 0 spiro atoms. The second-order valence-electron chi connectivity index (χ2n) is 3.60. The van der Waals surface area contributed by atoms with Gasteiger partial charge in [0.1, 0.15) is 0 Å². The summed E-state index contributed by atoms with van der Waals surface area (Å²) in [6.45, 7) is 4.12. The summed E-state index contributed by atoms with van der Waals surface area (Å²) in [6, 6.07) is 3.48. The zero-order valence-corrected chi connectivity index (χ0v) is 10.4. The maximum Gasteiger partial charge on any atom is 0.244 e. The highest BCUT2D eigenvalue weighted by Gasteiger charge is 2.17. The van der Waals surface area contributed by atoms with Gasteiger partial charge in [0.25, 0.3) is 0 Å². The summed E-state index contributed by atoms with van der Waals surface area (Å²) in [5, 5.41) is 3.11. The first kappa shape index (κ1) is 12.5. The quantitative estimate of drug-likeness (QED) is 0.672. The Hall–Kier alpha value is -1.94. The molecule has 2 rings (SSSR count). The summed E-state index contributed by atoms with van der Waals surface area (Å²) >= 11 is 6.02. The van der Waals surface area contributed by atoms with Crippen LogP contribution in [0.25, 0.3) is 6.08 Å². The maximum absolute atomic E-state index is 11.4. The summed E-state index contributed by atoms with van der Waals surface area (Å²) in [7, 11) is 0. The van der Waals surface area contributed by atoms with Crippen LogP contribution in [0.4, 0.5) is 0 Å². The predicted molar refractivity (Wildman–Crippen MR) is 69.8 cm³/mol. The van der Waals surface area contributed by atoms with Crippen LogP contribution in [0.5, 0.6) is 11.5 Å². The van der Waals surface area contributed by atoms with Crippen LogP contribution in [0.15, 0.2) is 30.9 Å². The fourth-order valence-electron chi connectivity index (χ4n) is 1.49. The second-order valence-corrected chi connectivity index (χ2v) is 4.01. The minimum Gasteiger partial charge on any atom is -0.454 e. The number of rotatable bonds is 4. The van der Waals surface area contributed by atoms with E-state index in [2.05, 4.69) is 11.9 Å². The highest BCUT2D eigenvalue weighted by molar-refractivity contribution is 6.32. The predicted octanol–water partition coefficient (Wildman–Crippen LogP) is 2.38. The molecule has 0 saturated carbocycles. The van der Waals surface area contributed by atoms with Crippen molar-refractivity contribution < 1.29 is 14.3 Å². The molecule has 0 aromatic heterocycles. The lowest BCUT2D eigenvalue weighted by Crippen LogP contribution is -2.20. The molecule has 1 heterocycles. The van der Waals surface area contributed by atoms with E-state index in [0.29, 0.717) is 23.1 Å². The summed E-state index contributed by atoms with van der Waals surface area (Å²) in [6.07, 6.45) is 4.70. The largest absolute Gasteiger partial charge is 0.454 e. The lowest BCUT2D eigenvalue weighted by Gasteiger charge is -2.01. The number of carbonyl (C=O) groups is 1. The second kappa shape index (κ2) is 5.60. The monoisotopic (exact) mass is 265 g/mol. The molecule has 1 aliphatic rings. The Morgan fingerprint density at radius 3 is 3.11 bits per heavy atom. The molecule has 94 valence electrons. The van der Waals surface area contributed by atoms with E-state index in [4.69, 9.17) is 21.1 Å². The first-order valence-electron chi connectivity index (χ1n) is 5.36. The highest BCUT2D eigenvalue weighted by Crippen LogP contribution is 2.39. The summed E-state index contributed by atoms with van der Waals surface area (Å²) < 4.78 is 10.4. The average molecular weight is 266 g/mol. The molecule has 0 aliphatic carbocycles. The van der Waals surface area contributed by atoms with Gasteiger partial charge in [0, 0.05) is 12.6 Å². The van der Waals surface area contributed by atoms with Crippen molar-refractivity contribution in [2.24, 2.45) is 0 Å². The lowest BCUT2D eigenvalue weighted by molar-refractivity contribution is -0.116. The Bertz CT molecular complexity index is 511. The molecule has 1 N–H and O–H groups in total. The molecule has 0 radical (unpaired) electrons. The van der Waals surface area contributed by atoms with Crippen molar-refractivity contribution in [3.63, 3.8) is 0 Å². The van der Waals surface area contributed by atoms with Crippen LogP contribution in [0, 0.1) is 0 Å². The summed E-state index contributed by atoms with van der Waals surface area (Å²) in [5.74, 6) is 0.947. The third kappa shape index (κ3) is 2.84. The molecule has 1 aromatic rings. The van der Waals surface area contributed by atoms with Gasteiger partial charge in [-0.1, -0.05) is 17.7 Å². The zero-order chi connectivity index (χ0) is 13.0. The van der Waals surface area contributed by atoms with E-state index < -0.39 is 0 Å². The number of hydrogen-bond donors (Lipinski definition) is 1. The van der Waals surface area contributed by atoms with Crippen molar-refractivity contribution in [2.75, 3.05) is 13.3 Å². The number of ether oxygens (including phenoxy) is 2. The summed E-state index contributed by atoms with van der Waals surface area (Å²) in [4.78, 5) is 11.4. The van der Waals surface area contributed by atoms with E-state index in [0.717, 1.165) is 5.56 Å². The number of hydrogen-bond acceptors (Lipinski definition) is 3. The van der Waals surface area contributed by atoms with Crippen LogP contribution in [0.3, 0.4) is 0 Å². The van der Waals surface area contributed by atoms with Gasteiger partial charge in [0.15, 0.2) is 11.5 Å². The smallest absolute Gasteiger partial charge is 0.244 e. The first-order valence-corrected chi connectivity index (χ1v) is 5.74. The molecule has 0 bridgehead atoms. The number of halogens is 1. The Morgan fingerprint density at radius 2 is 2.33 bits per heavy atom. The van der Waals surface area contributed by atoms with Crippen LogP contribution in [0.2, 0.25) is 5.02 Å². The van der Waals surface area contributed by atoms with Crippen molar-refractivity contribution in [2.45, 2.75) is 0 Å². The SMILES string of the molecule is C=CCNC(=O)/C=C/c1cc(Cl)c2c(c1)OCO2. The topological polar surface area (TPSA) is 47.6 Å². The van der Waals surface area contributed by atoms with Gasteiger partial charge >= 0.3 is 0 Å². The highest BCUT2D eigenvalue weighted by atomic mass is 35.5. The van der Waals surface area contributed by atoms with Crippen LogP contribution in [-0.2, 0) is 4.79 Å². The first-order chi connectivity index (χ1) is 8.70. The molecule has 0 fully saturated rings. The number of benzene rings is 1. The Labute approximate surface area is 110 Å². The Morgan fingerprint density at radius 1 is 1.50 bits per heavy atom. The van der Waals surface area contributed by atoms with Crippen molar-refractivity contribution >= 4 is 23.6 Å². The standard InChI is InChI=1S/C13H12ClNO3/c1-2-5-15-12(16)4-3-9-6-10(14)13-11(7-9)17-8-18-13/h2-4,6-7H,1,5,8H2,(H,15,16)/b4-3+. The minimum absolute atomic E-state index is 0.169. The van der Waals surface area contributed by atoms with Gasteiger partial charge in [-0.15, -0.1) is 6.58 Å². The molecule has 4 nitrogen and oxygen atoms in total. The fraction of sp³-hybridized carbons (Fsp3) is 0.154. The molecular weight excluding hydrogens is 254 g/mol. The van der Waals surface area contributed by atoms with Crippen molar-refractivity contribution in [1.82, 2.24) is 5.32 Å². The number of fused-ring (bicyclic) bond motifs is 1. The molecule has 18 heavy (non-hydrogen) atoms. The molecule has 0 atom stereocenters. The third-order valence-electron chi connectivity index (χ3n) is 2.30. The fourth-order valence-corrected chi connectivity index (χ4v) is 1.76. The van der Waals surface area contributed by atoms with E-state index in [9.17, 15) is 4.79 Å². The molecule has 1 aromatic carbocycles. The van der Waals surface area contributed by atoms with Gasteiger partial charge in [-0.2, -0.15) is 0 Å². The van der Waals surface area contributed by atoms with Crippen LogP contribution in [-0.4, -0.2) is 19.2 Å². The van der Waals surface area contributed by atoms with Crippen LogP contribution < -0.4 is 14.8 Å². The third-order valence-corrected chi connectivity index (χ3v) is 2.58. The number of nitrogens with one attached hydrogen (secondary N) is 1. The van der Waals surface area contributed by atoms with Crippen molar-refractivity contribution in [3.05, 3.63) is 41.4 Å². The Balaban J connectivity index is 2.10. The number of carbonyl (C=O) groups excluding carboxylic acids is 1. The van der Waals surface area contributed by atoms with Gasteiger partial charge in [-0.05, 0) is 23.8 Å². The molecule has 0 saturated heterocycles. The van der Waals surface area contributed by atoms with Gasteiger partial charge < -0.3 is 14.8 Å². The van der Waals surface area contributed by atoms with E-state index in [1.165, 1.54) is 6.08 Å². The molecule has 1 amide bonds. The van der Waals surface area contributed by atoms with E-state index >= 15 is 0 Å². The molecule has 1 aliphatic heterocycles. The van der Waals surface area contributed by atoms with Crippen LogP contribution in [0.1, 0.15) is 5.56 Å². The van der Waals surface area contributed by atoms with Crippen LogP contribution >= 0.6 is 11.6 Å². The zero-order valence-electron chi connectivity index (χ0n) is 9.61. The number of amides is 1. The van der Waals surface area contributed by atoms with Gasteiger partial charge in [-0.3, -0.25) is 4.79 Å². The van der Waals surface area contributed by atoms with Gasteiger partial charge in [0.2, 0.25) is 12.7 Å². The van der Waals surface area contributed by atoms with E-state index in [-0.39, 0.29) is 12.7 Å². The average Bonchev–Trinajstić information content (AvgIpc) is 2.82. The maximum atomic E-state index is 11.4. The molecule has 5 heteroatoms. The van der Waals surface area contributed by atoms with Crippen molar-refractivity contribution in [3.8, 4) is 11.5 Å². The van der Waals surface area contributed by atoms with Gasteiger partial charge in [0.05, 0.1) is 5.02 Å². The lowest BCUT2D eigenvalue weighted by atomic mass is 10.2. The van der Waals surface area contributed by atoms with Gasteiger partial charge in [-0.25, -0.2) is 0 Å². The van der Waals surface area contributed by atoms with E-state index in [1.54, 1.807) is 24.3 Å². The normalized spacial score (nSPS) is 12.7. The minimum atomic E-state index is -0.191. The van der Waals surface area contributed by atoms with E-state index in [1.807, 2.05) is 0 Å². The van der Waals surface area contributed by atoms with Crippen molar-refractivity contribution in [1.29, 1.82) is 0 Å². The molecule has 0 unspecified atom stereocenters. The molecular formula is C13H12ClNO3.